The van der Waals surface area contributed by atoms with E-state index >= 15 is 0 Å². The van der Waals surface area contributed by atoms with Gasteiger partial charge in [-0.25, -0.2) is 0 Å². The Hall–Kier alpha value is -0.120. The van der Waals surface area contributed by atoms with Crippen LogP contribution in [0.5, 0.6) is 0 Å². The third kappa shape index (κ3) is 8.22. The Labute approximate surface area is 81.4 Å². The Morgan fingerprint density at radius 3 is 2.00 bits per heavy atom. The molecule has 0 aliphatic carbocycles. The van der Waals surface area contributed by atoms with Gasteiger partial charge in [-0.1, -0.05) is 0 Å². The minimum atomic E-state index is 0.155. The highest BCUT2D eigenvalue weighted by atomic mass is 16.6. The van der Waals surface area contributed by atoms with E-state index in [1.807, 2.05) is 27.7 Å². The smallest absolute Gasteiger partial charge is 0.0781 e. The van der Waals surface area contributed by atoms with Crippen LogP contribution in [0, 0.1) is 0 Å². The fourth-order valence-electron chi connectivity index (χ4n) is 0.964. The van der Waals surface area contributed by atoms with Crippen molar-refractivity contribution in [1.82, 2.24) is 0 Å². The summed E-state index contributed by atoms with van der Waals surface area (Å²) in [7, 11) is 0. The van der Waals surface area contributed by atoms with Crippen molar-refractivity contribution < 1.29 is 14.2 Å². The first-order valence-electron chi connectivity index (χ1n) is 5.01. The van der Waals surface area contributed by atoms with Crippen molar-refractivity contribution in [2.75, 3.05) is 26.4 Å². The molecule has 0 aliphatic rings. The Bertz CT molecular complexity index is 106. The van der Waals surface area contributed by atoms with Gasteiger partial charge >= 0.3 is 0 Å². The van der Waals surface area contributed by atoms with Crippen molar-refractivity contribution in [3.8, 4) is 0 Å². The summed E-state index contributed by atoms with van der Waals surface area (Å²) in [6.45, 7) is 10.8. The fourth-order valence-corrected chi connectivity index (χ4v) is 0.964. The van der Waals surface area contributed by atoms with E-state index in [0.29, 0.717) is 13.2 Å². The molecule has 0 aromatic heterocycles. The van der Waals surface area contributed by atoms with Crippen molar-refractivity contribution in [2.45, 2.75) is 39.9 Å². The van der Waals surface area contributed by atoms with Gasteiger partial charge < -0.3 is 14.2 Å². The molecule has 0 saturated heterocycles. The van der Waals surface area contributed by atoms with Crippen molar-refractivity contribution in [1.29, 1.82) is 0 Å². The second kappa shape index (κ2) is 8.48. The maximum atomic E-state index is 5.51. The SMILES string of the molecule is CCOCC(C)OCC(C)OCC. The first kappa shape index (κ1) is 12.9. The maximum Gasteiger partial charge on any atom is 0.0781 e. The molecule has 0 heterocycles. The Balaban J connectivity index is 3.29. The Morgan fingerprint density at radius 2 is 1.46 bits per heavy atom. The molecule has 3 nitrogen and oxygen atoms in total. The van der Waals surface area contributed by atoms with Gasteiger partial charge in [0, 0.05) is 13.2 Å². The van der Waals surface area contributed by atoms with Crippen LogP contribution in [0.15, 0.2) is 0 Å². The molecule has 0 aliphatic heterocycles. The summed E-state index contributed by atoms with van der Waals surface area (Å²) in [5.41, 5.74) is 0. The highest BCUT2D eigenvalue weighted by Crippen LogP contribution is 1.97. The molecule has 0 radical (unpaired) electrons. The molecule has 0 fully saturated rings. The largest absolute Gasteiger partial charge is 0.379 e. The highest BCUT2D eigenvalue weighted by Gasteiger charge is 2.05. The van der Waals surface area contributed by atoms with E-state index in [-0.39, 0.29) is 12.2 Å². The molecular formula is C10H22O3. The molecule has 0 spiro atoms. The monoisotopic (exact) mass is 190 g/mol. The molecule has 3 heteroatoms. The molecule has 0 aromatic rings. The Kier molecular flexibility index (Phi) is 8.40. The van der Waals surface area contributed by atoms with Gasteiger partial charge in [0.15, 0.2) is 0 Å². The van der Waals surface area contributed by atoms with Gasteiger partial charge in [-0.15, -0.1) is 0 Å². The lowest BCUT2D eigenvalue weighted by atomic mass is 10.4. The lowest BCUT2D eigenvalue weighted by Gasteiger charge is -2.16. The lowest BCUT2D eigenvalue weighted by Crippen LogP contribution is -2.23. The van der Waals surface area contributed by atoms with Crippen molar-refractivity contribution in [3.05, 3.63) is 0 Å². The van der Waals surface area contributed by atoms with Gasteiger partial charge in [0.2, 0.25) is 0 Å². The molecule has 13 heavy (non-hydrogen) atoms. The topological polar surface area (TPSA) is 27.7 Å². The van der Waals surface area contributed by atoms with Crippen molar-refractivity contribution in [2.24, 2.45) is 0 Å². The van der Waals surface area contributed by atoms with Gasteiger partial charge in [-0.05, 0) is 27.7 Å². The van der Waals surface area contributed by atoms with E-state index in [0.717, 1.165) is 13.2 Å². The summed E-state index contributed by atoms with van der Waals surface area (Å²) in [4.78, 5) is 0. The lowest BCUT2D eigenvalue weighted by molar-refractivity contribution is -0.0533. The standard InChI is InChI=1S/C10H22O3/c1-5-11-7-9(3)13-8-10(4)12-6-2/h9-10H,5-8H2,1-4H3. The molecule has 0 saturated carbocycles. The zero-order chi connectivity index (χ0) is 10.1. The van der Waals surface area contributed by atoms with Gasteiger partial charge in [-0.2, -0.15) is 0 Å². The molecule has 0 aromatic carbocycles. The third-order valence-electron chi connectivity index (χ3n) is 1.62. The van der Waals surface area contributed by atoms with E-state index < -0.39 is 0 Å². The molecule has 2 atom stereocenters. The highest BCUT2D eigenvalue weighted by molar-refractivity contribution is 4.51. The van der Waals surface area contributed by atoms with E-state index in [1.165, 1.54) is 0 Å². The van der Waals surface area contributed by atoms with Crippen LogP contribution < -0.4 is 0 Å². The van der Waals surface area contributed by atoms with Crippen LogP contribution in [0.3, 0.4) is 0 Å². The molecular weight excluding hydrogens is 168 g/mol. The maximum absolute atomic E-state index is 5.51. The van der Waals surface area contributed by atoms with E-state index in [1.54, 1.807) is 0 Å². The summed E-state index contributed by atoms with van der Waals surface area (Å²) in [6, 6.07) is 0. The first-order chi connectivity index (χ1) is 6.20. The molecule has 0 bridgehead atoms. The third-order valence-corrected chi connectivity index (χ3v) is 1.62. The number of hydrogen-bond donors (Lipinski definition) is 0. The second-order valence-electron chi connectivity index (χ2n) is 3.07. The zero-order valence-corrected chi connectivity index (χ0v) is 9.21. The van der Waals surface area contributed by atoms with Gasteiger partial charge in [0.05, 0.1) is 25.4 Å². The average Bonchev–Trinajstić information content (AvgIpc) is 2.12. The normalized spacial score (nSPS) is 15.7. The van der Waals surface area contributed by atoms with Crippen LogP contribution in [0.4, 0.5) is 0 Å². The Morgan fingerprint density at radius 1 is 0.846 bits per heavy atom. The number of ether oxygens (including phenoxy) is 3. The molecule has 0 amide bonds. The molecule has 0 rings (SSSR count). The molecule has 80 valence electrons. The van der Waals surface area contributed by atoms with Crippen LogP contribution in [0.1, 0.15) is 27.7 Å². The number of hydrogen-bond acceptors (Lipinski definition) is 3. The average molecular weight is 190 g/mol. The fraction of sp³-hybridized carbons (Fsp3) is 1.00. The van der Waals surface area contributed by atoms with Gasteiger partial charge in [0.1, 0.15) is 0 Å². The van der Waals surface area contributed by atoms with E-state index in [4.69, 9.17) is 14.2 Å². The van der Waals surface area contributed by atoms with Crippen molar-refractivity contribution >= 4 is 0 Å². The summed E-state index contributed by atoms with van der Waals surface area (Å²) in [5.74, 6) is 0. The van der Waals surface area contributed by atoms with Crippen LogP contribution in [-0.2, 0) is 14.2 Å². The first-order valence-corrected chi connectivity index (χ1v) is 5.01. The van der Waals surface area contributed by atoms with Crippen LogP contribution >= 0.6 is 0 Å². The van der Waals surface area contributed by atoms with E-state index in [9.17, 15) is 0 Å². The minimum Gasteiger partial charge on any atom is -0.379 e. The van der Waals surface area contributed by atoms with Crippen LogP contribution in [0.2, 0.25) is 0 Å². The predicted molar refractivity (Wildman–Crippen MR) is 53.0 cm³/mol. The summed E-state index contributed by atoms with van der Waals surface area (Å²) in [6.07, 6.45) is 0.330. The minimum absolute atomic E-state index is 0.155. The van der Waals surface area contributed by atoms with Crippen molar-refractivity contribution in [3.63, 3.8) is 0 Å². The van der Waals surface area contributed by atoms with Crippen LogP contribution in [0.25, 0.3) is 0 Å². The van der Waals surface area contributed by atoms with Gasteiger partial charge in [-0.3, -0.25) is 0 Å². The predicted octanol–water partition coefficient (Wildman–Crippen LogP) is 1.85. The van der Waals surface area contributed by atoms with E-state index in [2.05, 4.69) is 0 Å². The van der Waals surface area contributed by atoms with Crippen LogP contribution in [-0.4, -0.2) is 38.6 Å². The summed E-state index contributed by atoms with van der Waals surface area (Å²) >= 11 is 0. The summed E-state index contributed by atoms with van der Waals surface area (Å²) in [5, 5.41) is 0. The molecule has 2 unspecified atom stereocenters. The van der Waals surface area contributed by atoms with Gasteiger partial charge in [0.25, 0.3) is 0 Å². The quantitative estimate of drug-likeness (QED) is 0.584. The second-order valence-corrected chi connectivity index (χ2v) is 3.07. The molecule has 0 N–H and O–H groups in total. The number of rotatable bonds is 8. The zero-order valence-electron chi connectivity index (χ0n) is 9.21. The summed E-state index contributed by atoms with van der Waals surface area (Å²) < 4.78 is 16.1.